The van der Waals surface area contributed by atoms with E-state index in [9.17, 15) is 5.11 Å². The second-order valence-corrected chi connectivity index (χ2v) is 4.21. The van der Waals surface area contributed by atoms with Gasteiger partial charge in [0.2, 0.25) is 0 Å². The van der Waals surface area contributed by atoms with Crippen molar-refractivity contribution in [3.63, 3.8) is 0 Å². The Balaban J connectivity index is 2.00. The smallest absolute Gasteiger partial charge is 0.0584 e. The van der Waals surface area contributed by atoms with Gasteiger partial charge in [0, 0.05) is 31.7 Å². The molecule has 0 aliphatic carbocycles. The molecule has 1 aliphatic heterocycles. The van der Waals surface area contributed by atoms with Crippen molar-refractivity contribution in [1.29, 1.82) is 0 Å². The first-order valence-electron chi connectivity index (χ1n) is 5.06. The molecule has 0 aromatic carbocycles. The highest BCUT2D eigenvalue weighted by atomic mass is 16.5. The number of aliphatic hydroxyl groups is 1. The molecular weight excluding hydrogens is 192 g/mol. The summed E-state index contributed by atoms with van der Waals surface area (Å²) in [5.74, 6) is 0. The van der Waals surface area contributed by atoms with Crippen molar-refractivity contribution in [3.05, 3.63) is 24.5 Å². The van der Waals surface area contributed by atoms with Crippen LogP contribution >= 0.6 is 0 Å². The number of anilines is 1. The van der Waals surface area contributed by atoms with E-state index in [-0.39, 0.29) is 12.0 Å². The van der Waals surface area contributed by atoms with E-state index in [1.807, 2.05) is 19.2 Å². The van der Waals surface area contributed by atoms with Crippen molar-refractivity contribution in [2.24, 2.45) is 5.41 Å². The van der Waals surface area contributed by atoms with E-state index in [2.05, 4.69) is 9.88 Å². The summed E-state index contributed by atoms with van der Waals surface area (Å²) in [6.45, 7) is 2.30. The number of hydrogen-bond donors (Lipinski definition) is 1. The van der Waals surface area contributed by atoms with Crippen LogP contribution < -0.4 is 4.90 Å². The number of rotatable bonds is 4. The van der Waals surface area contributed by atoms with Crippen molar-refractivity contribution in [1.82, 2.24) is 4.98 Å². The summed E-state index contributed by atoms with van der Waals surface area (Å²) in [4.78, 5) is 6.10. The Morgan fingerprint density at radius 1 is 1.47 bits per heavy atom. The van der Waals surface area contributed by atoms with E-state index < -0.39 is 0 Å². The molecule has 1 aromatic rings. The molecule has 2 rings (SSSR count). The second kappa shape index (κ2) is 4.16. The molecule has 4 heteroatoms. The predicted molar refractivity (Wildman–Crippen MR) is 57.8 cm³/mol. The summed E-state index contributed by atoms with van der Waals surface area (Å²) < 4.78 is 5.17. The van der Waals surface area contributed by atoms with Gasteiger partial charge in [0.1, 0.15) is 0 Å². The van der Waals surface area contributed by atoms with Crippen molar-refractivity contribution < 1.29 is 9.84 Å². The van der Waals surface area contributed by atoms with Crippen LogP contribution in [0.15, 0.2) is 24.5 Å². The lowest BCUT2D eigenvalue weighted by atomic mass is 9.86. The minimum Gasteiger partial charge on any atom is -0.396 e. The van der Waals surface area contributed by atoms with Crippen LogP contribution in [0.5, 0.6) is 0 Å². The van der Waals surface area contributed by atoms with Gasteiger partial charge in [0.05, 0.1) is 25.2 Å². The lowest BCUT2D eigenvalue weighted by Crippen LogP contribution is -2.52. The maximum Gasteiger partial charge on any atom is 0.0584 e. The fourth-order valence-corrected chi connectivity index (χ4v) is 1.82. The Morgan fingerprint density at radius 2 is 2.13 bits per heavy atom. The van der Waals surface area contributed by atoms with Gasteiger partial charge in [-0.05, 0) is 12.1 Å². The van der Waals surface area contributed by atoms with Gasteiger partial charge in [0.15, 0.2) is 0 Å². The quantitative estimate of drug-likeness (QED) is 0.784. The van der Waals surface area contributed by atoms with Crippen LogP contribution in [0.25, 0.3) is 0 Å². The molecule has 0 bridgehead atoms. The van der Waals surface area contributed by atoms with E-state index in [0.29, 0.717) is 13.2 Å². The van der Waals surface area contributed by atoms with E-state index >= 15 is 0 Å². The first-order valence-corrected chi connectivity index (χ1v) is 5.06. The molecular formula is C11H16N2O2. The number of nitrogens with zero attached hydrogens (tertiary/aromatic N) is 2. The number of pyridine rings is 1. The average molecular weight is 208 g/mol. The number of aromatic nitrogens is 1. The molecule has 0 unspecified atom stereocenters. The highest BCUT2D eigenvalue weighted by Crippen LogP contribution is 2.29. The molecule has 1 N–H and O–H groups in total. The summed E-state index contributed by atoms with van der Waals surface area (Å²) in [5, 5.41) is 9.31. The van der Waals surface area contributed by atoms with Crippen LogP contribution in [-0.2, 0) is 4.74 Å². The molecule has 0 spiro atoms. The third-order valence-electron chi connectivity index (χ3n) is 2.83. The van der Waals surface area contributed by atoms with Crippen molar-refractivity contribution in [3.8, 4) is 0 Å². The van der Waals surface area contributed by atoms with Crippen molar-refractivity contribution in [2.45, 2.75) is 0 Å². The molecule has 1 saturated heterocycles. The Labute approximate surface area is 89.5 Å². The lowest BCUT2D eigenvalue weighted by molar-refractivity contribution is -0.130. The molecule has 2 heterocycles. The molecule has 82 valence electrons. The maximum absolute atomic E-state index is 9.31. The predicted octanol–water partition coefficient (Wildman–Crippen LogP) is 0.527. The Bertz CT molecular complexity index is 306. The highest BCUT2D eigenvalue weighted by Gasteiger charge is 2.39. The molecule has 0 radical (unpaired) electrons. The largest absolute Gasteiger partial charge is 0.396 e. The fraction of sp³-hybridized carbons (Fsp3) is 0.545. The van der Waals surface area contributed by atoms with Gasteiger partial charge in [-0.3, -0.25) is 4.98 Å². The molecule has 0 atom stereocenters. The standard InChI is InChI=1S/C11H16N2O2/c1-13(10-2-4-12-5-3-10)6-11(7-14)8-15-9-11/h2-5,14H,6-9H2,1H3. The van der Waals surface area contributed by atoms with Gasteiger partial charge in [-0.25, -0.2) is 0 Å². The van der Waals surface area contributed by atoms with Crippen LogP contribution in [0.4, 0.5) is 5.69 Å². The third kappa shape index (κ3) is 2.11. The van der Waals surface area contributed by atoms with Crippen molar-refractivity contribution >= 4 is 5.69 Å². The molecule has 0 saturated carbocycles. The van der Waals surface area contributed by atoms with Crippen LogP contribution in [0.3, 0.4) is 0 Å². The van der Waals surface area contributed by atoms with E-state index in [4.69, 9.17) is 4.74 Å². The zero-order chi connectivity index (χ0) is 10.7. The highest BCUT2D eigenvalue weighted by molar-refractivity contribution is 5.43. The van der Waals surface area contributed by atoms with Crippen LogP contribution in [0, 0.1) is 5.41 Å². The Hall–Kier alpha value is -1.13. The SMILES string of the molecule is CN(CC1(CO)COC1)c1ccncc1. The normalized spacial score (nSPS) is 18.3. The van der Waals surface area contributed by atoms with Crippen LogP contribution in [-0.4, -0.2) is 43.5 Å². The third-order valence-corrected chi connectivity index (χ3v) is 2.83. The van der Waals surface area contributed by atoms with Gasteiger partial charge in [-0.1, -0.05) is 0 Å². The second-order valence-electron chi connectivity index (χ2n) is 4.21. The van der Waals surface area contributed by atoms with E-state index in [1.165, 1.54) is 0 Å². The van der Waals surface area contributed by atoms with Crippen LogP contribution in [0.2, 0.25) is 0 Å². The monoisotopic (exact) mass is 208 g/mol. The van der Waals surface area contributed by atoms with Gasteiger partial charge in [-0.2, -0.15) is 0 Å². The summed E-state index contributed by atoms with van der Waals surface area (Å²) >= 11 is 0. The van der Waals surface area contributed by atoms with Crippen LogP contribution in [0.1, 0.15) is 0 Å². The van der Waals surface area contributed by atoms with E-state index in [0.717, 1.165) is 12.2 Å². The van der Waals surface area contributed by atoms with Gasteiger partial charge >= 0.3 is 0 Å². The molecule has 4 nitrogen and oxygen atoms in total. The first-order chi connectivity index (χ1) is 7.26. The maximum atomic E-state index is 9.31. The Kier molecular flexibility index (Phi) is 2.88. The average Bonchev–Trinajstić information content (AvgIpc) is 2.24. The minimum absolute atomic E-state index is 0.0714. The number of hydrogen-bond acceptors (Lipinski definition) is 4. The molecule has 1 aromatic heterocycles. The molecule has 1 aliphatic rings. The molecule has 15 heavy (non-hydrogen) atoms. The van der Waals surface area contributed by atoms with E-state index in [1.54, 1.807) is 12.4 Å². The van der Waals surface area contributed by atoms with Gasteiger partial charge in [0.25, 0.3) is 0 Å². The zero-order valence-electron chi connectivity index (χ0n) is 8.89. The van der Waals surface area contributed by atoms with Crippen molar-refractivity contribution in [2.75, 3.05) is 38.3 Å². The minimum atomic E-state index is -0.0714. The number of ether oxygens (including phenoxy) is 1. The first kappa shape index (κ1) is 10.4. The summed E-state index contributed by atoms with van der Waals surface area (Å²) in [6.07, 6.45) is 3.55. The zero-order valence-corrected chi connectivity index (χ0v) is 8.89. The van der Waals surface area contributed by atoms with Gasteiger partial charge < -0.3 is 14.7 Å². The summed E-state index contributed by atoms with van der Waals surface area (Å²) in [5.41, 5.74) is 1.04. The molecule has 0 amide bonds. The topological polar surface area (TPSA) is 45.6 Å². The lowest BCUT2D eigenvalue weighted by Gasteiger charge is -2.42. The fourth-order valence-electron chi connectivity index (χ4n) is 1.82. The Morgan fingerprint density at radius 3 is 2.60 bits per heavy atom. The summed E-state index contributed by atoms with van der Waals surface area (Å²) in [7, 11) is 2.02. The number of aliphatic hydroxyl groups excluding tert-OH is 1. The van der Waals surface area contributed by atoms with Gasteiger partial charge in [-0.15, -0.1) is 0 Å². The molecule has 1 fully saturated rings. The summed E-state index contributed by atoms with van der Waals surface area (Å²) in [6, 6.07) is 3.93.